The number of benzene rings is 3. The van der Waals surface area contributed by atoms with Crippen LogP contribution in [0.1, 0.15) is 73.0 Å². The van der Waals surface area contributed by atoms with Crippen LogP contribution in [-0.2, 0) is 27.9 Å². The number of nitrogens with one attached hydrogen (secondary N) is 1. The van der Waals surface area contributed by atoms with Crippen molar-refractivity contribution in [2.24, 2.45) is 0 Å². The van der Waals surface area contributed by atoms with Crippen molar-refractivity contribution in [2.75, 3.05) is 32.7 Å². The molecular formula is C38H40N4O7S. The molecule has 0 aromatic heterocycles. The second-order valence-corrected chi connectivity index (χ2v) is 15.9. The Morgan fingerprint density at radius 2 is 1.72 bits per heavy atom. The molecular weight excluding hydrogens is 657 g/mol. The summed E-state index contributed by atoms with van der Waals surface area (Å²) in [6, 6.07) is 6.21. The van der Waals surface area contributed by atoms with Crippen LogP contribution in [0.4, 0.5) is 0 Å². The summed E-state index contributed by atoms with van der Waals surface area (Å²) in [6.07, 6.45) is 1.22. The number of nitrogens with zero attached hydrogens (tertiary/aromatic N) is 3. The standard InChI is InChI=1S/C38H40N4O7S/c1-16-8-21-10-23-24(12-39)42-25-13-47-37(46)38(22-9-17(2)26(43)11-20(22)6-7-40-38)14-50-36(31(42)30(41(23)5)27(21)32(44)18(16)3)29-28(25)35-34(48-15-49-35)19(4)33(29)45/h8-9,11,23-25,30-31,36,40,43-45H,6-7,10,13-15H2,1-5H3/t23-,24?,25-,30+,31?,36+,38+/m0/s1. The molecule has 4 N–H and O–H groups in total. The monoisotopic (exact) mass is 696 g/mol. The molecule has 0 amide bonds. The quantitative estimate of drug-likeness (QED) is 0.248. The lowest BCUT2D eigenvalue weighted by molar-refractivity contribution is -0.157. The molecule has 7 aliphatic rings. The maximum absolute atomic E-state index is 14.6. The number of carbonyl (C=O) groups excluding carboxylic acids is 1. The van der Waals surface area contributed by atoms with E-state index >= 15 is 0 Å². The lowest BCUT2D eigenvalue weighted by Gasteiger charge is -2.62. The summed E-state index contributed by atoms with van der Waals surface area (Å²) in [6.45, 7) is 7.99. The van der Waals surface area contributed by atoms with Crippen molar-refractivity contribution in [2.45, 2.75) is 81.5 Å². The summed E-state index contributed by atoms with van der Waals surface area (Å²) >= 11 is 1.54. The highest BCUT2D eigenvalue weighted by molar-refractivity contribution is 7.99. The molecule has 1 spiro atoms. The van der Waals surface area contributed by atoms with E-state index in [1.807, 2.05) is 40.8 Å². The van der Waals surface area contributed by atoms with Crippen LogP contribution in [0, 0.1) is 39.0 Å². The molecule has 0 radical (unpaired) electrons. The van der Waals surface area contributed by atoms with Crippen LogP contribution in [0.15, 0.2) is 18.2 Å². The smallest absolute Gasteiger partial charge is 0.331 e. The molecule has 2 fully saturated rings. The Morgan fingerprint density at radius 3 is 2.50 bits per heavy atom. The van der Waals surface area contributed by atoms with E-state index in [1.54, 1.807) is 17.8 Å². The number of hydrogen-bond donors (Lipinski definition) is 4. The van der Waals surface area contributed by atoms with E-state index in [1.165, 1.54) is 0 Å². The van der Waals surface area contributed by atoms with Gasteiger partial charge in [0, 0.05) is 46.6 Å². The molecule has 0 saturated carbocycles. The van der Waals surface area contributed by atoms with Crippen molar-refractivity contribution < 1.29 is 34.3 Å². The number of rotatable bonds is 0. The molecule has 2 saturated heterocycles. The highest BCUT2D eigenvalue weighted by Crippen LogP contribution is 2.64. The van der Waals surface area contributed by atoms with E-state index < -0.39 is 34.9 Å². The Labute approximate surface area is 294 Å². The van der Waals surface area contributed by atoms with E-state index in [4.69, 9.17) is 14.2 Å². The van der Waals surface area contributed by atoms with Gasteiger partial charge in [0.05, 0.1) is 23.4 Å². The number of phenolic OH excluding ortho intramolecular Hbond substituents is 3. The Hall–Kier alpha value is -4.15. The van der Waals surface area contributed by atoms with Crippen LogP contribution in [0.2, 0.25) is 0 Å². The predicted molar refractivity (Wildman–Crippen MR) is 185 cm³/mol. The zero-order valence-corrected chi connectivity index (χ0v) is 29.5. The fourth-order valence-corrected chi connectivity index (χ4v) is 11.5. The molecule has 4 bridgehead atoms. The number of fused-ring (bicyclic) bond motifs is 9. The van der Waals surface area contributed by atoms with Crippen molar-refractivity contribution in [1.82, 2.24) is 15.1 Å². The summed E-state index contributed by atoms with van der Waals surface area (Å²) < 4.78 is 18.5. The average molecular weight is 697 g/mol. The summed E-state index contributed by atoms with van der Waals surface area (Å²) in [5, 5.41) is 48.7. The minimum atomic E-state index is -1.22. The lowest BCUT2D eigenvalue weighted by Crippen LogP contribution is -2.69. The molecule has 3 aromatic rings. The highest BCUT2D eigenvalue weighted by Gasteiger charge is 2.61. The van der Waals surface area contributed by atoms with Gasteiger partial charge in [0.15, 0.2) is 17.0 Å². The molecule has 3 aromatic carbocycles. The molecule has 12 heteroatoms. The van der Waals surface area contributed by atoms with Gasteiger partial charge in [-0.1, -0.05) is 6.07 Å². The number of piperazine rings is 1. The zero-order valence-electron chi connectivity index (χ0n) is 28.7. The van der Waals surface area contributed by atoms with Gasteiger partial charge < -0.3 is 29.5 Å². The first-order valence-corrected chi connectivity index (χ1v) is 18.3. The number of esters is 1. The third-order valence-corrected chi connectivity index (χ3v) is 13.9. The van der Waals surface area contributed by atoms with E-state index in [9.17, 15) is 25.4 Å². The number of likely N-dealkylation sites (N-methyl/N-ethyl adjacent to an activating group) is 1. The SMILES string of the molecule is Cc1cc2c(cc1O)CCN[C@]21CS[C@@H]2c3c(O)c(C)c4c(c3[C@H](COC1=O)N1C2[C@H]2c3c(cc(C)c(C)c3O)C[C@@H](C1C#N)N2C)OCO4. The first kappa shape index (κ1) is 31.8. The first-order chi connectivity index (χ1) is 24.0. The average Bonchev–Trinajstić information content (AvgIpc) is 3.59. The highest BCUT2D eigenvalue weighted by atomic mass is 32.2. The van der Waals surface area contributed by atoms with Crippen LogP contribution < -0.4 is 14.8 Å². The molecule has 50 heavy (non-hydrogen) atoms. The second kappa shape index (κ2) is 10.9. The van der Waals surface area contributed by atoms with Gasteiger partial charge in [-0.15, -0.1) is 11.8 Å². The molecule has 10 rings (SSSR count). The Bertz CT molecular complexity index is 2060. The summed E-state index contributed by atoms with van der Waals surface area (Å²) in [5.74, 6) is 1.34. The minimum Gasteiger partial charge on any atom is -0.508 e. The molecule has 2 unspecified atom stereocenters. The number of nitriles is 1. The Balaban J connectivity index is 1.31. The molecule has 260 valence electrons. The van der Waals surface area contributed by atoms with Gasteiger partial charge >= 0.3 is 5.97 Å². The maximum atomic E-state index is 14.6. The topological polar surface area (TPSA) is 148 Å². The number of aryl methyl sites for hydroxylation is 2. The number of thioether (sulfide) groups is 1. The van der Waals surface area contributed by atoms with E-state index in [0.717, 1.165) is 33.4 Å². The summed E-state index contributed by atoms with van der Waals surface area (Å²) in [5.41, 5.74) is 6.74. The number of aromatic hydroxyl groups is 3. The van der Waals surface area contributed by atoms with Gasteiger partial charge in [0.1, 0.15) is 29.9 Å². The Kier molecular flexibility index (Phi) is 6.95. The zero-order chi connectivity index (χ0) is 35.0. The summed E-state index contributed by atoms with van der Waals surface area (Å²) in [4.78, 5) is 19.0. The normalized spacial score (nSPS) is 30.9. The predicted octanol–water partition coefficient (Wildman–Crippen LogP) is 4.37. The van der Waals surface area contributed by atoms with E-state index in [0.29, 0.717) is 53.1 Å². The molecule has 7 aliphatic heterocycles. The summed E-state index contributed by atoms with van der Waals surface area (Å²) in [7, 11) is 2.03. The van der Waals surface area contributed by atoms with Crippen LogP contribution in [0.3, 0.4) is 0 Å². The van der Waals surface area contributed by atoms with Crippen molar-refractivity contribution >= 4 is 17.7 Å². The number of carbonyl (C=O) groups is 1. The van der Waals surface area contributed by atoms with Gasteiger partial charge in [-0.25, -0.2) is 4.79 Å². The number of hydrogen-bond acceptors (Lipinski definition) is 12. The largest absolute Gasteiger partial charge is 0.508 e. The fraction of sp³-hybridized carbons (Fsp3) is 0.474. The lowest BCUT2D eigenvalue weighted by atomic mass is 9.71. The Morgan fingerprint density at radius 1 is 0.960 bits per heavy atom. The minimum absolute atomic E-state index is 0.00857. The van der Waals surface area contributed by atoms with Gasteiger partial charge in [0.25, 0.3) is 0 Å². The number of phenols is 3. The van der Waals surface area contributed by atoms with Crippen molar-refractivity contribution in [3.8, 4) is 34.8 Å². The van der Waals surface area contributed by atoms with Crippen LogP contribution in [0.25, 0.3) is 0 Å². The first-order valence-electron chi connectivity index (χ1n) is 17.2. The van der Waals surface area contributed by atoms with Gasteiger partial charge in [-0.05, 0) is 93.1 Å². The van der Waals surface area contributed by atoms with Crippen molar-refractivity contribution in [3.05, 3.63) is 73.8 Å². The molecule has 11 nitrogen and oxygen atoms in total. The van der Waals surface area contributed by atoms with Gasteiger partial charge in [0.2, 0.25) is 6.79 Å². The third-order valence-electron chi connectivity index (χ3n) is 12.4. The van der Waals surface area contributed by atoms with E-state index in [-0.39, 0.29) is 48.5 Å². The van der Waals surface area contributed by atoms with Crippen LogP contribution >= 0.6 is 11.8 Å². The van der Waals surface area contributed by atoms with Crippen LogP contribution in [-0.4, -0.2) is 82.0 Å². The van der Waals surface area contributed by atoms with Gasteiger partial charge in [-0.3, -0.25) is 15.1 Å². The molecule has 7 atom stereocenters. The van der Waals surface area contributed by atoms with Crippen LogP contribution in [0.5, 0.6) is 28.7 Å². The second-order valence-electron chi connectivity index (χ2n) is 14.7. The van der Waals surface area contributed by atoms with Crippen molar-refractivity contribution in [1.29, 1.82) is 5.26 Å². The van der Waals surface area contributed by atoms with Gasteiger partial charge in [-0.2, -0.15) is 5.26 Å². The fourth-order valence-electron chi connectivity index (χ4n) is 9.75. The maximum Gasteiger partial charge on any atom is 0.331 e. The molecule has 0 aliphatic carbocycles. The third kappa shape index (κ3) is 4.00. The molecule has 7 heterocycles. The van der Waals surface area contributed by atoms with E-state index in [2.05, 4.69) is 27.3 Å². The van der Waals surface area contributed by atoms with Crippen molar-refractivity contribution in [3.63, 3.8) is 0 Å². The number of ether oxygens (including phenoxy) is 3.